The van der Waals surface area contributed by atoms with Gasteiger partial charge in [-0.25, -0.2) is 15.0 Å². The molecule has 14 heavy (non-hydrogen) atoms. The van der Waals surface area contributed by atoms with Crippen LogP contribution in [0.4, 0.5) is 5.82 Å². The van der Waals surface area contributed by atoms with E-state index in [1.807, 2.05) is 0 Å². The lowest BCUT2D eigenvalue weighted by molar-refractivity contribution is 0.870. The molecule has 0 unspecified atom stereocenters. The van der Waals surface area contributed by atoms with Gasteiger partial charge in [0.25, 0.3) is 0 Å². The maximum Gasteiger partial charge on any atom is 0.156 e. The number of hydrogen-bond donors (Lipinski definition) is 2. The van der Waals surface area contributed by atoms with Crippen LogP contribution in [0.3, 0.4) is 0 Å². The van der Waals surface area contributed by atoms with E-state index >= 15 is 0 Å². The molecule has 0 aliphatic rings. The van der Waals surface area contributed by atoms with E-state index in [2.05, 4.69) is 20.3 Å². The second-order valence-corrected chi connectivity index (χ2v) is 3.63. The Morgan fingerprint density at radius 1 is 1.36 bits per heavy atom. The molecule has 0 bridgehead atoms. The highest BCUT2D eigenvalue weighted by Gasteiger charge is 2.04. The van der Waals surface area contributed by atoms with Crippen molar-refractivity contribution >= 4 is 27.5 Å². The molecule has 74 valence electrons. The Balaban J connectivity index is 2.19. The van der Waals surface area contributed by atoms with Gasteiger partial charge >= 0.3 is 0 Å². The van der Waals surface area contributed by atoms with Gasteiger partial charge in [-0.1, -0.05) is 0 Å². The fourth-order valence-corrected chi connectivity index (χ4v) is 1.76. The second kappa shape index (κ2) is 4.30. The number of nitrogens with zero attached hydrogens (tertiary/aromatic N) is 3. The molecule has 0 atom stereocenters. The summed E-state index contributed by atoms with van der Waals surface area (Å²) in [5.74, 6) is 0.796. The Bertz CT molecular complexity index is 413. The summed E-state index contributed by atoms with van der Waals surface area (Å²) >= 11 is 1.51. The predicted molar refractivity (Wildman–Crippen MR) is 57.4 cm³/mol. The van der Waals surface area contributed by atoms with Gasteiger partial charge in [-0.3, -0.25) is 0 Å². The lowest BCUT2D eigenvalue weighted by Crippen LogP contribution is -2.09. The van der Waals surface area contributed by atoms with Gasteiger partial charge < -0.3 is 11.1 Å². The molecule has 6 heteroatoms. The highest BCUT2D eigenvalue weighted by atomic mass is 32.1. The number of anilines is 1. The fourth-order valence-electron chi connectivity index (χ4n) is 1.13. The standard InChI is InChI=1S/C8H11N5S/c9-2-1-3-10-7-6-8(12-4-11-7)14-5-13-6/h4-5H,1-3,9H2,(H,10,11,12). The minimum absolute atomic E-state index is 0.679. The topological polar surface area (TPSA) is 76.7 Å². The SMILES string of the molecule is NCCCNc1ncnc2scnc12. The smallest absolute Gasteiger partial charge is 0.156 e. The zero-order chi connectivity index (χ0) is 9.80. The normalized spacial score (nSPS) is 10.6. The molecule has 0 saturated heterocycles. The van der Waals surface area contributed by atoms with E-state index in [9.17, 15) is 0 Å². The monoisotopic (exact) mass is 209 g/mol. The van der Waals surface area contributed by atoms with E-state index in [0.717, 1.165) is 29.1 Å². The van der Waals surface area contributed by atoms with Gasteiger partial charge in [0.1, 0.15) is 16.7 Å². The first-order valence-electron chi connectivity index (χ1n) is 4.40. The zero-order valence-corrected chi connectivity index (χ0v) is 8.42. The van der Waals surface area contributed by atoms with Crippen LogP contribution in [0.15, 0.2) is 11.8 Å². The molecule has 0 saturated carbocycles. The van der Waals surface area contributed by atoms with E-state index in [1.54, 1.807) is 11.8 Å². The third kappa shape index (κ3) is 1.80. The summed E-state index contributed by atoms with van der Waals surface area (Å²) in [7, 11) is 0. The highest BCUT2D eigenvalue weighted by Crippen LogP contribution is 2.20. The fraction of sp³-hybridized carbons (Fsp3) is 0.375. The summed E-state index contributed by atoms with van der Waals surface area (Å²) in [6.07, 6.45) is 2.47. The summed E-state index contributed by atoms with van der Waals surface area (Å²) in [6, 6.07) is 0. The molecule has 0 amide bonds. The molecule has 0 aliphatic carbocycles. The summed E-state index contributed by atoms with van der Waals surface area (Å²) in [5.41, 5.74) is 8.01. The maximum atomic E-state index is 5.40. The first-order valence-corrected chi connectivity index (χ1v) is 5.28. The van der Waals surface area contributed by atoms with Gasteiger partial charge in [-0.15, -0.1) is 11.3 Å². The van der Waals surface area contributed by atoms with Gasteiger partial charge in [-0.2, -0.15) is 0 Å². The number of rotatable bonds is 4. The third-order valence-electron chi connectivity index (χ3n) is 1.81. The Morgan fingerprint density at radius 3 is 3.14 bits per heavy atom. The highest BCUT2D eigenvalue weighted by molar-refractivity contribution is 7.16. The molecule has 5 nitrogen and oxygen atoms in total. The lowest BCUT2D eigenvalue weighted by Gasteiger charge is -2.03. The molecule has 0 fully saturated rings. The minimum Gasteiger partial charge on any atom is -0.368 e. The number of hydrogen-bond acceptors (Lipinski definition) is 6. The maximum absolute atomic E-state index is 5.40. The van der Waals surface area contributed by atoms with Crippen molar-refractivity contribution in [2.45, 2.75) is 6.42 Å². The number of nitrogens with two attached hydrogens (primary N) is 1. The van der Waals surface area contributed by atoms with Crippen molar-refractivity contribution in [3.05, 3.63) is 11.8 Å². The molecule has 0 aromatic carbocycles. The predicted octanol–water partition coefficient (Wildman–Crippen LogP) is 0.847. The Morgan fingerprint density at radius 2 is 2.29 bits per heavy atom. The third-order valence-corrected chi connectivity index (χ3v) is 2.54. The number of fused-ring (bicyclic) bond motifs is 1. The van der Waals surface area contributed by atoms with E-state index in [0.29, 0.717) is 6.54 Å². The second-order valence-electron chi connectivity index (χ2n) is 2.80. The van der Waals surface area contributed by atoms with Crippen molar-refractivity contribution in [1.29, 1.82) is 0 Å². The minimum atomic E-state index is 0.679. The molecule has 0 spiro atoms. The summed E-state index contributed by atoms with van der Waals surface area (Å²) in [6.45, 7) is 1.50. The van der Waals surface area contributed by atoms with Crippen molar-refractivity contribution in [2.75, 3.05) is 18.4 Å². The Kier molecular flexibility index (Phi) is 2.85. The number of aromatic nitrogens is 3. The molecular formula is C8H11N5S. The quantitative estimate of drug-likeness (QED) is 0.730. The summed E-state index contributed by atoms with van der Waals surface area (Å²) < 4.78 is 0. The van der Waals surface area contributed by atoms with Crippen molar-refractivity contribution in [2.24, 2.45) is 5.73 Å². The van der Waals surface area contributed by atoms with Crippen LogP contribution in [0.5, 0.6) is 0 Å². The first-order chi connectivity index (χ1) is 6.92. The molecule has 0 aliphatic heterocycles. The van der Waals surface area contributed by atoms with Crippen LogP contribution in [0.1, 0.15) is 6.42 Å². The Hall–Kier alpha value is -1.27. The Labute approximate surface area is 85.4 Å². The van der Waals surface area contributed by atoms with Gasteiger partial charge in [0, 0.05) is 6.54 Å². The molecule has 0 radical (unpaired) electrons. The van der Waals surface area contributed by atoms with Crippen LogP contribution in [0.25, 0.3) is 10.3 Å². The van der Waals surface area contributed by atoms with Crippen molar-refractivity contribution in [1.82, 2.24) is 15.0 Å². The number of thiazole rings is 1. The van der Waals surface area contributed by atoms with Crippen LogP contribution in [-0.4, -0.2) is 28.0 Å². The van der Waals surface area contributed by atoms with Crippen LogP contribution in [0.2, 0.25) is 0 Å². The van der Waals surface area contributed by atoms with E-state index in [4.69, 9.17) is 5.73 Å². The zero-order valence-electron chi connectivity index (χ0n) is 7.60. The number of nitrogens with one attached hydrogen (secondary N) is 1. The lowest BCUT2D eigenvalue weighted by atomic mass is 10.4. The summed E-state index contributed by atoms with van der Waals surface area (Å²) in [4.78, 5) is 13.4. The van der Waals surface area contributed by atoms with Crippen LogP contribution < -0.4 is 11.1 Å². The van der Waals surface area contributed by atoms with Crippen LogP contribution >= 0.6 is 11.3 Å². The molecule has 2 aromatic heterocycles. The summed E-state index contributed by atoms with van der Waals surface area (Å²) in [5, 5.41) is 3.19. The molecule has 2 aromatic rings. The molecule has 2 heterocycles. The van der Waals surface area contributed by atoms with Crippen molar-refractivity contribution in [3.63, 3.8) is 0 Å². The van der Waals surface area contributed by atoms with E-state index in [-0.39, 0.29) is 0 Å². The van der Waals surface area contributed by atoms with Crippen molar-refractivity contribution < 1.29 is 0 Å². The largest absolute Gasteiger partial charge is 0.368 e. The van der Waals surface area contributed by atoms with Gasteiger partial charge in [0.05, 0.1) is 5.51 Å². The first kappa shape index (κ1) is 9.29. The van der Waals surface area contributed by atoms with E-state index in [1.165, 1.54) is 11.3 Å². The average Bonchev–Trinajstić information content (AvgIpc) is 2.67. The van der Waals surface area contributed by atoms with E-state index < -0.39 is 0 Å². The van der Waals surface area contributed by atoms with Gasteiger partial charge in [-0.05, 0) is 13.0 Å². The molecule has 2 rings (SSSR count). The average molecular weight is 209 g/mol. The van der Waals surface area contributed by atoms with Crippen LogP contribution in [-0.2, 0) is 0 Å². The van der Waals surface area contributed by atoms with Gasteiger partial charge in [0.15, 0.2) is 5.82 Å². The molecular weight excluding hydrogens is 198 g/mol. The van der Waals surface area contributed by atoms with Crippen molar-refractivity contribution in [3.8, 4) is 0 Å². The van der Waals surface area contributed by atoms with Gasteiger partial charge in [0.2, 0.25) is 0 Å². The van der Waals surface area contributed by atoms with Crippen LogP contribution in [0, 0.1) is 0 Å². The molecule has 3 N–H and O–H groups in total.